The molecule has 7 heteroatoms. The van der Waals surface area contributed by atoms with E-state index in [4.69, 9.17) is 15.9 Å². The zero-order valence-electron chi connectivity index (χ0n) is 5.22. The monoisotopic (exact) mass is 172 g/mol. The molecule has 0 saturated carbocycles. The molecule has 0 aliphatic heterocycles. The molecular weight excluding hydrogens is 168 g/mol. The molecular formula is C4H4N4O2S. The first-order chi connectivity index (χ1) is 5.18. The van der Waals surface area contributed by atoms with E-state index in [9.17, 15) is 0 Å². The van der Waals surface area contributed by atoms with Crippen LogP contribution in [-0.4, -0.2) is 24.8 Å². The van der Waals surface area contributed by atoms with E-state index in [1.807, 2.05) is 0 Å². The molecule has 0 fully saturated rings. The lowest BCUT2D eigenvalue weighted by Crippen LogP contribution is -1.93. The lowest BCUT2D eigenvalue weighted by Gasteiger charge is -1.80. The van der Waals surface area contributed by atoms with Crippen LogP contribution in [0.25, 0.3) is 4.83 Å². The summed E-state index contributed by atoms with van der Waals surface area (Å²) in [4.78, 5) is 3.87. The highest BCUT2D eigenvalue weighted by Crippen LogP contribution is 2.29. The molecule has 2 rings (SSSR count). The second kappa shape index (κ2) is 1.76. The summed E-state index contributed by atoms with van der Waals surface area (Å²) in [5.74, 6) is -0.144. The van der Waals surface area contributed by atoms with E-state index in [1.54, 1.807) is 0 Å². The van der Waals surface area contributed by atoms with E-state index in [-0.39, 0.29) is 17.0 Å². The molecule has 0 amide bonds. The van der Waals surface area contributed by atoms with Crippen LogP contribution in [0.2, 0.25) is 0 Å². The van der Waals surface area contributed by atoms with E-state index in [0.717, 1.165) is 11.3 Å². The van der Waals surface area contributed by atoms with Crippen LogP contribution in [0.1, 0.15) is 0 Å². The van der Waals surface area contributed by atoms with Gasteiger partial charge in [-0.25, -0.2) is 0 Å². The highest BCUT2D eigenvalue weighted by molar-refractivity contribution is 7.19. The normalized spacial score (nSPS) is 10.9. The lowest BCUT2D eigenvalue weighted by molar-refractivity contribution is 0.462. The van der Waals surface area contributed by atoms with Gasteiger partial charge in [0.05, 0.1) is 0 Å². The van der Waals surface area contributed by atoms with Gasteiger partial charge < -0.3 is 15.9 Å². The van der Waals surface area contributed by atoms with E-state index < -0.39 is 0 Å². The SMILES string of the molecule is Nc1nc(O)c2sc(O)nn12. The van der Waals surface area contributed by atoms with Gasteiger partial charge in [0, 0.05) is 0 Å². The Labute approximate surface area is 64.5 Å². The van der Waals surface area contributed by atoms with Gasteiger partial charge in [0.25, 0.3) is 11.1 Å². The maximum absolute atomic E-state index is 9.05. The van der Waals surface area contributed by atoms with Gasteiger partial charge in [-0.3, -0.25) is 0 Å². The predicted molar refractivity (Wildman–Crippen MR) is 38.6 cm³/mol. The Morgan fingerprint density at radius 1 is 1.45 bits per heavy atom. The van der Waals surface area contributed by atoms with Crippen LogP contribution in [-0.2, 0) is 0 Å². The van der Waals surface area contributed by atoms with E-state index >= 15 is 0 Å². The standard InChI is InChI=1S/C4H4N4O2S/c5-3-6-1(9)2-8(3)7-4(10)11-2/h9H,(H2,5,6)(H,7,10). The Morgan fingerprint density at radius 2 is 2.18 bits per heavy atom. The minimum atomic E-state index is -0.208. The number of nitrogen functional groups attached to an aromatic ring is 1. The number of fused-ring (bicyclic) bond motifs is 1. The molecule has 2 aromatic heterocycles. The molecule has 2 aromatic rings. The molecule has 0 aliphatic rings. The fourth-order valence-electron chi connectivity index (χ4n) is 0.780. The number of anilines is 1. The van der Waals surface area contributed by atoms with Crippen LogP contribution in [0.4, 0.5) is 5.95 Å². The molecule has 0 unspecified atom stereocenters. The zero-order chi connectivity index (χ0) is 8.01. The summed E-state index contributed by atoms with van der Waals surface area (Å²) < 4.78 is 1.18. The number of rotatable bonds is 0. The number of aromatic nitrogens is 3. The van der Waals surface area contributed by atoms with Crippen molar-refractivity contribution in [1.29, 1.82) is 0 Å². The van der Waals surface area contributed by atoms with Gasteiger partial charge in [0.15, 0.2) is 4.83 Å². The molecule has 4 N–H and O–H groups in total. The van der Waals surface area contributed by atoms with Gasteiger partial charge in [-0.05, 0) is 0 Å². The first-order valence-electron chi connectivity index (χ1n) is 2.71. The lowest BCUT2D eigenvalue weighted by atomic mass is 10.9. The quantitative estimate of drug-likeness (QED) is 0.510. The number of nitrogens with zero attached hydrogens (tertiary/aromatic N) is 3. The fourth-order valence-corrected chi connectivity index (χ4v) is 1.43. The van der Waals surface area contributed by atoms with Crippen molar-refractivity contribution in [2.24, 2.45) is 0 Å². The third-order valence-corrected chi connectivity index (χ3v) is 2.01. The molecule has 58 valence electrons. The molecule has 0 atom stereocenters. The summed E-state index contributed by atoms with van der Waals surface area (Å²) in [5, 5.41) is 21.4. The van der Waals surface area contributed by atoms with Gasteiger partial charge in [0.1, 0.15) is 0 Å². The first-order valence-corrected chi connectivity index (χ1v) is 3.53. The molecule has 0 saturated heterocycles. The number of hydrogen-bond acceptors (Lipinski definition) is 6. The molecule has 0 bridgehead atoms. The van der Waals surface area contributed by atoms with Gasteiger partial charge in [0.2, 0.25) is 5.95 Å². The third-order valence-electron chi connectivity index (χ3n) is 1.19. The Bertz CT molecular complexity index is 371. The number of imidazole rings is 1. The van der Waals surface area contributed by atoms with Gasteiger partial charge in [-0.1, -0.05) is 11.3 Å². The summed E-state index contributed by atoms with van der Waals surface area (Å²) in [7, 11) is 0. The Morgan fingerprint density at radius 3 is 2.82 bits per heavy atom. The molecule has 0 aliphatic carbocycles. The zero-order valence-corrected chi connectivity index (χ0v) is 6.04. The van der Waals surface area contributed by atoms with Crippen molar-refractivity contribution in [3.05, 3.63) is 0 Å². The number of nitrogens with two attached hydrogens (primary N) is 1. The summed E-state index contributed by atoms with van der Waals surface area (Å²) >= 11 is 0.914. The Balaban J connectivity index is 2.92. The predicted octanol–water partition coefficient (Wildman–Crippen LogP) is -0.216. The molecule has 0 radical (unpaired) electrons. The highest BCUT2D eigenvalue weighted by atomic mass is 32.1. The maximum Gasteiger partial charge on any atom is 0.290 e. The van der Waals surface area contributed by atoms with Gasteiger partial charge in [-0.15, -0.1) is 5.10 Å². The van der Waals surface area contributed by atoms with Gasteiger partial charge in [-0.2, -0.15) is 9.50 Å². The van der Waals surface area contributed by atoms with Crippen molar-refractivity contribution in [1.82, 2.24) is 14.6 Å². The van der Waals surface area contributed by atoms with Crippen molar-refractivity contribution in [2.75, 3.05) is 5.73 Å². The summed E-state index contributed by atoms with van der Waals surface area (Å²) in [6.07, 6.45) is 0. The fraction of sp³-hybridized carbons (Fsp3) is 0. The third kappa shape index (κ3) is 0.709. The van der Waals surface area contributed by atoms with Crippen molar-refractivity contribution in [3.63, 3.8) is 0 Å². The van der Waals surface area contributed by atoms with Crippen LogP contribution in [0.15, 0.2) is 0 Å². The summed E-state index contributed by atoms with van der Waals surface area (Å²) in [5.41, 5.74) is 5.32. The molecule has 6 nitrogen and oxygen atoms in total. The number of aromatic hydroxyl groups is 2. The van der Waals surface area contributed by atoms with Crippen LogP contribution in [0.5, 0.6) is 11.1 Å². The topological polar surface area (TPSA) is 96.7 Å². The Kier molecular flexibility index (Phi) is 0.994. The van der Waals surface area contributed by atoms with Crippen LogP contribution >= 0.6 is 11.3 Å². The van der Waals surface area contributed by atoms with E-state index in [2.05, 4.69) is 10.1 Å². The summed E-state index contributed by atoms with van der Waals surface area (Å²) in [6.45, 7) is 0. The largest absolute Gasteiger partial charge is 0.491 e. The van der Waals surface area contributed by atoms with Crippen molar-refractivity contribution in [2.45, 2.75) is 0 Å². The molecule has 0 spiro atoms. The smallest absolute Gasteiger partial charge is 0.290 e. The summed E-state index contributed by atoms with van der Waals surface area (Å²) in [6, 6.07) is 0. The van der Waals surface area contributed by atoms with E-state index in [0.29, 0.717) is 4.83 Å². The van der Waals surface area contributed by atoms with Crippen molar-refractivity contribution >= 4 is 22.1 Å². The second-order valence-corrected chi connectivity index (χ2v) is 2.85. The molecule has 11 heavy (non-hydrogen) atoms. The van der Waals surface area contributed by atoms with Crippen molar-refractivity contribution < 1.29 is 10.2 Å². The molecule has 2 heterocycles. The minimum absolute atomic E-state index is 0.0639. The molecule has 0 aromatic carbocycles. The Hall–Kier alpha value is -1.50. The van der Waals surface area contributed by atoms with Crippen LogP contribution in [0, 0.1) is 0 Å². The number of hydrogen-bond donors (Lipinski definition) is 3. The van der Waals surface area contributed by atoms with E-state index in [1.165, 1.54) is 4.52 Å². The average molecular weight is 172 g/mol. The van der Waals surface area contributed by atoms with Crippen LogP contribution < -0.4 is 5.73 Å². The average Bonchev–Trinajstić information content (AvgIpc) is 2.38. The minimum Gasteiger partial charge on any atom is -0.491 e. The highest BCUT2D eigenvalue weighted by Gasteiger charge is 2.12. The van der Waals surface area contributed by atoms with Crippen LogP contribution in [0.3, 0.4) is 0 Å². The van der Waals surface area contributed by atoms with Gasteiger partial charge >= 0.3 is 0 Å². The second-order valence-electron chi connectivity index (χ2n) is 1.90. The first kappa shape index (κ1) is 6.23. The maximum atomic E-state index is 9.05. The van der Waals surface area contributed by atoms with Crippen molar-refractivity contribution in [3.8, 4) is 11.1 Å².